The van der Waals surface area contributed by atoms with Crippen LogP contribution in [0.15, 0.2) is 24.3 Å². The minimum Gasteiger partial charge on any atom is -0.395 e. The molecule has 112 valence electrons. The van der Waals surface area contributed by atoms with Crippen LogP contribution in [0.1, 0.15) is 48.0 Å². The topological polar surface area (TPSA) is 69.6 Å². The predicted molar refractivity (Wildman–Crippen MR) is 80.8 cm³/mol. The van der Waals surface area contributed by atoms with Crippen molar-refractivity contribution in [2.24, 2.45) is 0 Å². The van der Waals surface area contributed by atoms with Crippen LogP contribution < -0.4 is 5.32 Å². The Hall–Kier alpha value is -1.83. The maximum absolute atomic E-state index is 12.4. The molecule has 0 bridgehead atoms. The molecule has 1 fully saturated rings. The van der Waals surface area contributed by atoms with E-state index in [1.54, 1.807) is 6.07 Å². The van der Waals surface area contributed by atoms with E-state index in [1.807, 2.05) is 18.2 Å². The van der Waals surface area contributed by atoms with Crippen LogP contribution in [-0.4, -0.2) is 34.9 Å². The average Bonchev–Trinajstić information content (AvgIpc) is 2.50. The van der Waals surface area contributed by atoms with Crippen LogP contribution in [-0.2, 0) is 0 Å². The van der Waals surface area contributed by atoms with Gasteiger partial charge in [0.2, 0.25) is 0 Å². The van der Waals surface area contributed by atoms with E-state index < -0.39 is 0 Å². The van der Waals surface area contributed by atoms with Gasteiger partial charge in [0.05, 0.1) is 18.3 Å². The molecule has 1 aliphatic carbocycles. The molecule has 4 nitrogen and oxygen atoms in total. The number of benzene rings is 1. The fourth-order valence-corrected chi connectivity index (χ4v) is 2.49. The maximum atomic E-state index is 12.4. The fourth-order valence-electron chi connectivity index (χ4n) is 2.49. The molecule has 4 heteroatoms. The van der Waals surface area contributed by atoms with E-state index in [-0.39, 0.29) is 24.7 Å². The Kier molecular flexibility index (Phi) is 5.79. The predicted octanol–water partition coefficient (Wildman–Crippen LogP) is 1.45. The van der Waals surface area contributed by atoms with Crippen LogP contribution >= 0.6 is 0 Å². The van der Waals surface area contributed by atoms with Crippen molar-refractivity contribution in [2.45, 2.75) is 44.2 Å². The van der Waals surface area contributed by atoms with Crippen molar-refractivity contribution in [3.63, 3.8) is 0 Å². The molecule has 1 aromatic rings. The smallest absolute Gasteiger partial charge is 0.252 e. The lowest BCUT2D eigenvalue weighted by atomic mass is 9.93. The third-order valence-electron chi connectivity index (χ3n) is 3.66. The largest absolute Gasteiger partial charge is 0.395 e. The van der Waals surface area contributed by atoms with Gasteiger partial charge in [0.1, 0.15) is 0 Å². The maximum Gasteiger partial charge on any atom is 0.252 e. The summed E-state index contributed by atoms with van der Waals surface area (Å²) in [5.74, 6) is 5.65. The minimum absolute atomic E-state index is 0.0196. The van der Waals surface area contributed by atoms with E-state index in [0.29, 0.717) is 17.5 Å². The average molecular weight is 287 g/mol. The molecule has 0 spiro atoms. The molecule has 1 aliphatic rings. The number of aliphatic hydroxyl groups excluding tert-OH is 2. The number of carbonyl (C=O) groups is 1. The van der Waals surface area contributed by atoms with E-state index >= 15 is 0 Å². The molecule has 0 atom stereocenters. The zero-order valence-corrected chi connectivity index (χ0v) is 12.0. The van der Waals surface area contributed by atoms with E-state index in [2.05, 4.69) is 17.2 Å². The molecule has 3 N–H and O–H groups in total. The monoisotopic (exact) mass is 287 g/mol. The van der Waals surface area contributed by atoms with Gasteiger partial charge in [-0.2, -0.15) is 0 Å². The second-order valence-electron chi connectivity index (χ2n) is 5.30. The van der Waals surface area contributed by atoms with E-state index in [4.69, 9.17) is 5.11 Å². The molecule has 0 radical (unpaired) electrons. The van der Waals surface area contributed by atoms with Crippen molar-refractivity contribution in [2.75, 3.05) is 6.61 Å². The van der Waals surface area contributed by atoms with Gasteiger partial charge in [-0.25, -0.2) is 0 Å². The lowest BCUT2D eigenvalue weighted by molar-refractivity contribution is 0.0867. The third-order valence-corrected chi connectivity index (χ3v) is 3.66. The number of hydrogen-bond acceptors (Lipinski definition) is 3. The normalized spacial score (nSPS) is 21.2. The van der Waals surface area contributed by atoms with Gasteiger partial charge in [-0.15, -0.1) is 0 Å². The summed E-state index contributed by atoms with van der Waals surface area (Å²) in [4.78, 5) is 12.4. The van der Waals surface area contributed by atoms with Crippen LogP contribution in [0, 0.1) is 11.8 Å². The van der Waals surface area contributed by atoms with Gasteiger partial charge in [-0.05, 0) is 37.8 Å². The number of hydrogen-bond donors (Lipinski definition) is 3. The molecule has 1 saturated carbocycles. The van der Waals surface area contributed by atoms with Crippen molar-refractivity contribution in [3.05, 3.63) is 35.4 Å². The van der Waals surface area contributed by atoms with Crippen molar-refractivity contribution in [1.29, 1.82) is 0 Å². The van der Waals surface area contributed by atoms with Gasteiger partial charge < -0.3 is 15.5 Å². The van der Waals surface area contributed by atoms with Gasteiger partial charge in [-0.1, -0.05) is 24.0 Å². The van der Waals surface area contributed by atoms with Gasteiger partial charge in [0, 0.05) is 18.0 Å². The molecular formula is C17H21NO3. The van der Waals surface area contributed by atoms with E-state index in [9.17, 15) is 9.90 Å². The highest BCUT2D eigenvalue weighted by Crippen LogP contribution is 2.19. The minimum atomic E-state index is -0.227. The number of aliphatic hydroxyl groups is 2. The standard InChI is InChI=1S/C17H21NO3/c19-12-4-3-6-13-5-1-2-7-16(13)17(21)18-14-8-10-15(20)11-9-14/h1-2,5,7,14-15,19-20H,4,8-12H2,(H,18,21). The molecule has 0 saturated heterocycles. The Morgan fingerprint density at radius 3 is 2.67 bits per heavy atom. The second kappa shape index (κ2) is 7.82. The van der Waals surface area contributed by atoms with Crippen LogP contribution in [0.2, 0.25) is 0 Å². The molecule has 0 aliphatic heterocycles. The Bertz CT molecular complexity index is 536. The molecular weight excluding hydrogens is 266 g/mol. The first kappa shape index (κ1) is 15.6. The van der Waals surface area contributed by atoms with Gasteiger partial charge >= 0.3 is 0 Å². The van der Waals surface area contributed by atoms with E-state index in [0.717, 1.165) is 25.7 Å². The second-order valence-corrected chi connectivity index (χ2v) is 5.30. The van der Waals surface area contributed by atoms with E-state index in [1.165, 1.54) is 0 Å². The van der Waals surface area contributed by atoms with Gasteiger partial charge in [-0.3, -0.25) is 4.79 Å². The first-order valence-electron chi connectivity index (χ1n) is 7.38. The Labute approximate surface area is 125 Å². The summed E-state index contributed by atoms with van der Waals surface area (Å²) in [6.07, 6.45) is 3.27. The summed E-state index contributed by atoms with van der Waals surface area (Å²) in [6.45, 7) is 0.0196. The molecule has 0 heterocycles. The highest BCUT2D eigenvalue weighted by atomic mass is 16.3. The molecule has 21 heavy (non-hydrogen) atoms. The third kappa shape index (κ3) is 4.59. The molecule has 1 amide bonds. The first-order chi connectivity index (χ1) is 10.2. The number of nitrogens with one attached hydrogen (secondary N) is 1. The quantitative estimate of drug-likeness (QED) is 0.737. The molecule has 2 rings (SSSR count). The SMILES string of the molecule is O=C(NC1CCC(O)CC1)c1ccccc1C#CCCO. The van der Waals surface area contributed by atoms with Gasteiger partial charge in [0.15, 0.2) is 0 Å². The lowest BCUT2D eigenvalue weighted by Crippen LogP contribution is -2.38. The summed E-state index contributed by atoms with van der Waals surface area (Å²) in [6, 6.07) is 7.35. The zero-order valence-electron chi connectivity index (χ0n) is 12.0. The number of amides is 1. The Morgan fingerprint density at radius 1 is 1.24 bits per heavy atom. The van der Waals surface area contributed by atoms with Crippen LogP contribution in [0.5, 0.6) is 0 Å². The molecule has 0 aromatic heterocycles. The van der Waals surface area contributed by atoms with Crippen molar-refractivity contribution in [3.8, 4) is 11.8 Å². The Morgan fingerprint density at radius 2 is 1.95 bits per heavy atom. The molecule has 1 aromatic carbocycles. The fraction of sp³-hybridized carbons (Fsp3) is 0.471. The Balaban J connectivity index is 2.04. The van der Waals surface area contributed by atoms with Crippen molar-refractivity contribution >= 4 is 5.91 Å². The van der Waals surface area contributed by atoms with Crippen molar-refractivity contribution < 1.29 is 15.0 Å². The summed E-state index contributed by atoms with van der Waals surface area (Å²) in [5.41, 5.74) is 1.24. The highest BCUT2D eigenvalue weighted by molar-refractivity contribution is 5.96. The lowest BCUT2D eigenvalue weighted by Gasteiger charge is -2.26. The molecule has 0 unspecified atom stereocenters. The summed E-state index contributed by atoms with van der Waals surface area (Å²) in [5, 5.41) is 21.3. The summed E-state index contributed by atoms with van der Waals surface area (Å²) >= 11 is 0. The highest BCUT2D eigenvalue weighted by Gasteiger charge is 2.21. The van der Waals surface area contributed by atoms with Crippen LogP contribution in [0.25, 0.3) is 0 Å². The zero-order chi connectivity index (χ0) is 15.1. The number of carbonyl (C=O) groups excluding carboxylic acids is 1. The van der Waals surface area contributed by atoms with Crippen LogP contribution in [0.4, 0.5) is 0 Å². The van der Waals surface area contributed by atoms with Crippen molar-refractivity contribution in [1.82, 2.24) is 5.32 Å². The summed E-state index contributed by atoms with van der Waals surface area (Å²) in [7, 11) is 0. The van der Waals surface area contributed by atoms with Crippen LogP contribution in [0.3, 0.4) is 0 Å². The first-order valence-corrected chi connectivity index (χ1v) is 7.38. The summed E-state index contributed by atoms with van der Waals surface area (Å²) < 4.78 is 0. The number of rotatable bonds is 3. The van der Waals surface area contributed by atoms with Gasteiger partial charge in [0.25, 0.3) is 5.91 Å².